The van der Waals surface area contributed by atoms with Crippen molar-refractivity contribution in [3.8, 4) is 6.07 Å². The van der Waals surface area contributed by atoms with Gasteiger partial charge in [0.1, 0.15) is 0 Å². The summed E-state index contributed by atoms with van der Waals surface area (Å²) in [5.41, 5.74) is 2.42. The van der Waals surface area contributed by atoms with E-state index in [1.807, 2.05) is 25.1 Å². The molecule has 116 valence electrons. The number of nitrogens with zero attached hydrogens (tertiary/aromatic N) is 1. The Morgan fingerprint density at radius 3 is 2.57 bits per heavy atom. The average molecular weight is 308 g/mol. The Labute approximate surface area is 134 Å². The first-order chi connectivity index (χ1) is 11.1. The van der Waals surface area contributed by atoms with Crippen LogP contribution in [0.2, 0.25) is 0 Å². The summed E-state index contributed by atoms with van der Waals surface area (Å²) in [4.78, 5) is 23.6. The van der Waals surface area contributed by atoms with Gasteiger partial charge in [0.15, 0.2) is 6.61 Å². The summed E-state index contributed by atoms with van der Waals surface area (Å²) in [6, 6.07) is 15.5. The van der Waals surface area contributed by atoms with E-state index in [2.05, 4.69) is 5.32 Å². The summed E-state index contributed by atoms with van der Waals surface area (Å²) in [7, 11) is 0. The van der Waals surface area contributed by atoms with E-state index in [1.165, 1.54) is 17.7 Å². The molecule has 0 aliphatic carbocycles. The highest BCUT2D eigenvalue weighted by Crippen LogP contribution is 2.10. The molecule has 23 heavy (non-hydrogen) atoms. The van der Waals surface area contributed by atoms with Crippen LogP contribution >= 0.6 is 0 Å². The third-order valence-corrected chi connectivity index (χ3v) is 3.21. The lowest BCUT2D eigenvalue weighted by molar-refractivity contribution is -0.119. The third kappa shape index (κ3) is 4.68. The van der Waals surface area contributed by atoms with Gasteiger partial charge in [0.2, 0.25) is 0 Å². The number of benzene rings is 2. The minimum Gasteiger partial charge on any atom is -0.452 e. The molecule has 0 aliphatic rings. The molecule has 0 aromatic heterocycles. The molecule has 2 rings (SSSR count). The average Bonchev–Trinajstić information content (AvgIpc) is 2.60. The molecule has 0 radical (unpaired) electrons. The number of rotatable bonds is 5. The number of nitrogens with one attached hydrogen (secondary N) is 1. The van der Waals surface area contributed by atoms with Crippen LogP contribution in [0.25, 0.3) is 0 Å². The maximum absolute atomic E-state index is 11.8. The van der Waals surface area contributed by atoms with E-state index < -0.39 is 11.9 Å². The van der Waals surface area contributed by atoms with E-state index >= 15 is 0 Å². The Hall–Kier alpha value is -3.13. The number of hydrogen-bond donors (Lipinski definition) is 1. The Morgan fingerprint density at radius 2 is 1.91 bits per heavy atom. The zero-order valence-electron chi connectivity index (χ0n) is 12.7. The Morgan fingerprint density at radius 1 is 1.17 bits per heavy atom. The number of carbonyl (C=O) groups excluding carboxylic acids is 2. The summed E-state index contributed by atoms with van der Waals surface area (Å²) in [6.45, 7) is 1.67. The first kappa shape index (κ1) is 16.2. The van der Waals surface area contributed by atoms with Crippen molar-refractivity contribution in [2.45, 2.75) is 13.3 Å². The molecular weight excluding hydrogens is 292 g/mol. The van der Waals surface area contributed by atoms with Crippen LogP contribution in [0.5, 0.6) is 0 Å². The second-order valence-electron chi connectivity index (χ2n) is 4.87. The third-order valence-electron chi connectivity index (χ3n) is 3.21. The molecule has 1 amide bonds. The lowest BCUT2D eigenvalue weighted by Gasteiger charge is -2.07. The summed E-state index contributed by atoms with van der Waals surface area (Å²) in [5, 5.41) is 11.5. The van der Waals surface area contributed by atoms with Crippen molar-refractivity contribution >= 4 is 17.6 Å². The highest BCUT2D eigenvalue weighted by atomic mass is 16.5. The van der Waals surface area contributed by atoms with E-state index in [4.69, 9.17) is 10.00 Å². The standard InChI is InChI=1S/C18H16N2O3/c1-2-13-6-8-16(9-7-13)20-17(21)12-23-18(22)15-5-3-4-14(10-15)11-19/h3-10H,2,12H2,1H3,(H,20,21). The highest BCUT2D eigenvalue weighted by molar-refractivity contribution is 5.95. The Bertz CT molecular complexity index is 746. The zero-order valence-corrected chi connectivity index (χ0v) is 12.7. The number of anilines is 1. The van der Waals surface area contributed by atoms with E-state index in [1.54, 1.807) is 24.3 Å². The fraction of sp³-hybridized carbons (Fsp3) is 0.167. The Balaban J connectivity index is 1.88. The van der Waals surface area contributed by atoms with E-state index in [9.17, 15) is 9.59 Å². The normalized spacial score (nSPS) is 9.74. The van der Waals surface area contributed by atoms with Gasteiger partial charge in [-0.25, -0.2) is 4.79 Å². The number of ether oxygens (including phenoxy) is 1. The van der Waals surface area contributed by atoms with Gasteiger partial charge >= 0.3 is 5.97 Å². The quantitative estimate of drug-likeness (QED) is 0.861. The van der Waals surface area contributed by atoms with Crippen molar-refractivity contribution in [3.63, 3.8) is 0 Å². The monoisotopic (exact) mass is 308 g/mol. The minimum absolute atomic E-state index is 0.240. The van der Waals surface area contributed by atoms with Crippen LogP contribution in [0.4, 0.5) is 5.69 Å². The minimum atomic E-state index is -0.640. The van der Waals surface area contributed by atoms with Crippen molar-refractivity contribution in [2.75, 3.05) is 11.9 Å². The number of nitriles is 1. The zero-order chi connectivity index (χ0) is 16.7. The van der Waals surface area contributed by atoms with Crippen LogP contribution in [0.1, 0.15) is 28.4 Å². The van der Waals surface area contributed by atoms with Crippen LogP contribution in [0, 0.1) is 11.3 Å². The number of amides is 1. The van der Waals surface area contributed by atoms with Gasteiger partial charge in [-0.15, -0.1) is 0 Å². The topological polar surface area (TPSA) is 79.2 Å². The molecule has 2 aromatic carbocycles. The number of hydrogen-bond acceptors (Lipinski definition) is 4. The van der Waals surface area contributed by atoms with Crippen LogP contribution in [-0.4, -0.2) is 18.5 Å². The van der Waals surface area contributed by atoms with Gasteiger partial charge in [-0.1, -0.05) is 25.1 Å². The van der Waals surface area contributed by atoms with Gasteiger partial charge in [-0.2, -0.15) is 5.26 Å². The maximum Gasteiger partial charge on any atom is 0.338 e. The van der Waals surface area contributed by atoms with Crippen LogP contribution < -0.4 is 5.32 Å². The van der Waals surface area contributed by atoms with Gasteiger partial charge in [-0.3, -0.25) is 4.79 Å². The molecule has 1 N–H and O–H groups in total. The molecule has 0 heterocycles. The smallest absolute Gasteiger partial charge is 0.338 e. The van der Waals surface area contributed by atoms with Crippen molar-refractivity contribution in [3.05, 3.63) is 65.2 Å². The maximum atomic E-state index is 11.8. The number of carbonyl (C=O) groups is 2. The highest BCUT2D eigenvalue weighted by Gasteiger charge is 2.11. The molecule has 0 bridgehead atoms. The fourth-order valence-electron chi connectivity index (χ4n) is 1.95. The molecule has 5 nitrogen and oxygen atoms in total. The molecule has 2 aromatic rings. The van der Waals surface area contributed by atoms with Crippen molar-refractivity contribution in [2.24, 2.45) is 0 Å². The molecule has 0 fully saturated rings. The molecule has 0 saturated carbocycles. The number of aryl methyl sites for hydroxylation is 1. The predicted molar refractivity (Wildman–Crippen MR) is 85.9 cm³/mol. The lowest BCUT2D eigenvalue weighted by atomic mass is 10.1. The number of esters is 1. The molecule has 0 saturated heterocycles. The van der Waals surface area contributed by atoms with Gasteiger partial charge in [-0.05, 0) is 42.3 Å². The van der Waals surface area contributed by atoms with Crippen molar-refractivity contribution < 1.29 is 14.3 Å². The fourth-order valence-corrected chi connectivity index (χ4v) is 1.95. The van der Waals surface area contributed by atoms with Crippen LogP contribution in [-0.2, 0) is 16.0 Å². The first-order valence-electron chi connectivity index (χ1n) is 7.18. The summed E-state index contributed by atoms with van der Waals surface area (Å²) >= 11 is 0. The van der Waals surface area contributed by atoms with Gasteiger partial charge in [0.25, 0.3) is 5.91 Å². The molecular formula is C18H16N2O3. The predicted octanol–water partition coefficient (Wildman–Crippen LogP) is 2.92. The van der Waals surface area contributed by atoms with E-state index in [0.717, 1.165) is 6.42 Å². The van der Waals surface area contributed by atoms with Crippen LogP contribution in [0.3, 0.4) is 0 Å². The summed E-state index contributed by atoms with van der Waals surface area (Å²) < 4.78 is 4.95. The van der Waals surface area contributed by atoms with E-state index in [-0.39, 0.29) is 12.2 Å². The van der Waals surface area contributed by atoms with Crippen LogP contribution in [0.15, 0.2) is 48.5 Å². The summed E-state index contributed by atoms with van der Waals surface area (Å²) in [6.07, 6.45) is 0.924. The SMILES string of the molecule is CCc1ccc(NC(=O)COC(=O)c2cccc(C#N)c2)cc1. The lowest BCUT2D eigenvalue weighted by Crippen LogP contribution is -2.20. The first-order valence-corrected chi connectivity index (χ1v) is 7.18. The van der Waals surface area contributed by atoms with Crippen molar-refractivity contribution in [1.82, 2.24) is 0 Å². The second-order valence-corrected chi connectivity index (χ2v) is 4.87. The van der Waals surface area contributed by atoms with Gasteiger partial charge in [0.05, 0.1) is 17.2 Å². The largest absolute Gasteiger partial charge is 0.452 e. The van der Waals surface area contributed by atoms with Gasteiger partial charge < -0.3 is 10.1 Å². The molecule has 0 aliphatic heterocycles. The Kier molecular flexibility index (Phi) is 5.48. The molecule has 5 heteroatoms. The van der Waals surface area contributed by atoms with E-state index in [0.29, 0.717) is 11.3 Å². The molecule has 0 spiro atoms. The van der Waals surface area contributed by atoms with Crippen molar-refractivity contribution in [1.29, 1.82) is 5.26 Å². The molecule has 0 unspecified atom stereocenters. The van der Waals surface area contributed by atoms with Gasteiger partial charge in [0, 0.05) is 5.69 Å². The molecule has 0 atom stereocenters. The second kappa shape index (κ2) is 7.76. The summed E-state index contributed by atoms with van der Waals surface area (Å²) in [5.74, 6) is -1.06.